The summed E-state index contributed by atoms with van der Waals surface area (Å²) in [6.45, 7) is 1.70. The fraction of sp³-hybridized carbons (Fsp3) is 0.545. The highest BCUT2D eigenvalue weighted by molar-refractivity contribution is 5.92. The van der Waals surface area contributed by atoms with Crippen molar-refractivity contribution in [1.29, 1.82) is 0 Å². The van der Waals surface area contributed by atoms with Gasteiger partial charge in [-0.1, -0.05) is 0 Å². The summed E-state index contributed by atoms with van der Waals surface area (Å²) in [5.74, 6) is -1.15. The topological polar surface area (TPSA) is 97.0 Å². The molecule has 0 atom stereocenters. The molecule has 0 bridgehead atoms. The van der Waals surface area contributed by atoms with Gasteiger partial charge < -0.3 is 14.4 Å². The highest BCUT2D eigenvalue weighted by atomic mass is 16.5. The van der Waals surface area contributed by atoms with E-state index in [1.165, 1.54) is 6.08 Å². The second kappa shape index (κ2) is 6.19. The summed E-state index contributed by atoms with van der Waals surface area (Å²) in [6.07, 6.45) is 1.52. The third kappa shape index (κ3) is 3.68. The lowest BCUT2D eigenvalue weighted by Gasteiger charge is -2.26. The van der Waals surface area contributed by atoms with Gasteiger partial charge in [-0.2, -0.15) is 0 Å². The molecule has 2 heterocycles. The van der Waals surface area contributed by atoms with Gasteiger partial charge in [0.2, 0.25) is 5.91 Å². The Morgan fingerprint density at radius 1 is 1.32 bits per heavy atom. The number of amides is 2. The zero-order chi connectivity index (χ0) is 13.7. The van der Waals surface area contributed by atoms with E-state index in [4.69, 9.17) is 9.47 Å². The van der Waals surface area contributed by atoms with Crippen LogP contribution < -0.4 is 10.9 Å². The van der Waals surface area contributed by atoms with Crippen molar-refractivity contribution in [1.82, 2.24) is 15.8 Å². The number of carbonyl (C=O) groups excluding carboxylic acids is 3. The van der Waals surface area contributed by atoms with Crippen molar-refractivity contribution in [2.45, 2.75) is 6.42 Å². The number of morpholine rings is 1. The van der Waals surface area contributed by atoms with Crippen molar-refractivity contribution >= 4 is 17.8 Å². The van der Waals surface area contributed by atoms with Gasteiger partial charge in [-0.25, -0.2) is 4.79 Å². The molecule has 19 heavy (non-hydrogen) atoms. The van der Waals surface area contributed by atoms with Gasteiger partial charge >= 0.3 is 5.97 Å². The number of esters is 1. The van der Waals surface area contributed by atoms with E-state index in [0.717, 1.165) is 0 Å². The number of hydrogen-bond donors (Lipinski definition) is 2. The van der Waals surface area contributed by atoms with Gasteiger partial charge in [0.1, 0.15) is 5.70 Å². The minimum absolute atomic E-state index is 0.106. The molecule has 0 aromatic rings. The largest absolute Gasteiger partial charge is 0.451 e. The van der Waals surface area contributed by atoms with Crippen LogP contribution in [0.2, 0.25) is 0 Å². The minimum atomic E-state index is -0.665. The van der Waals surface area contributed by atoms with Crippen LogP contribution in [0.3, 0.4) is 0 Å². The standard InChI is InChI=1S/C11H15N3O5/c15-9-2-1-8(12-13-9)11(17)19-7-10(16)14-3-5-18-6-4-14/h1,12H,2-7H2,(H,13,15). The molecule has 0 aromatic heterocycles. The van der Waals surface area contributed by atoms with Crippen LogP contribution in [-0.4, -0.2) is 55.6 Å². The maximum atomic E-state index is 11.7. The lowest BCUT2D eigenvalue weighted by molar-refractivity contribution is -0.151. The predicted molar refractivity (Wildman–Crippen MR) is 62.3 cm³/mol. The first kappa shape index (κ1) is 13.3. The number of rotatable bonds is 3. The first-order valence-corrected chi connectivity index (χ1v) is 5.94. The Bertz CT molecular complexity index is 415. The minimum Gasteiger partial charge on any atom is -0.451 e. The Kier molecular flexibility index (Phi) is 4.35. The van der Waals surface area contributed by atoms with Crippen molar-refractivity contribution in [2.75, 3.05) is 32.9 Å². The van der Waals surface area contributed by atoms with E-state index >= 15 is 0 Å². The monoisotopic (exact) mass is 269 g/mol. The molecule has 1 saturated heterocycles. The van der Waals surface area contributed by atoms with E-state index in [-0.39, 0.29) is 30.5 Å². The van der Waals surface area contributed by atoms with Gasteiger partial charge in [0.25, 0.3) is 5.91 Å². The van der Waals surface area contributed by atoms with Crippen molar-refractivity contribution < 1.29 is 23.9 Å². The third-order valence-corrected chi connectivity index (χ3v) is 2.74. The SMILES string of the molecule is O=C1CC=C(C(=O)OCC(=O)N2CCOCC2)NN1. The maximum absolute atomic E-state index is 11.7. The van der Waals surface area contributed by atoms with E-state index in [1.807, 2.05) is 0 Å². The maximum Gasteiger partial charge on any atom is 0.356 e. The van der Waals surface area contributed by atoms with Crippen molar-refractivity contribution in [3.8, 4) is 0 Å². The van der Waals surface area contributed by atoms with Crippen LogP contribution in [0, 0.1) is 0 Å². The molecule has 0 spiro atoms. The fourth-order valence-electron chi connectivity index (χ4n) is 1.68. The molecule has 0 saturated carbocycles. The quantitative estimate of drug-likeness (QED) is 0.593. The molecule has 0 unspecified atom stereocenters. The molecule has 104 valence electrons. The average Bonchev–Trinajstić information content (AvgIpc) is 2.46. The summed E-state index contributed by atoms with van der Waals surface area (Å²) < 4.78 is 10.00. The van der Waals surface area contributed by atoms with Gasteiger partial charge in [-0.15, -0.1) is 0 Å². The summed E-state index contributed by atoms with van der Waals surface area (Å²) in [6, 6.07) is 0. The van der Waals surface area contributed by atoms with Crippen molar-refractivity contribution in [2.24, 2.45) is 0 Å². The first-order valence-electron chi connectivity index (χ1n) is 5.94. The number of nitrogens with zero attached hydrogens (tertiary/aromatic N) is 1. The molecular weight excluding hydrogens is 254 g/mol. The molecule has 1 fully saturated rings. The van der Waals surface area contributed by atoms with Crippen LogP contribution in [0.5, 0.6) is 0 Å². The lowest BCUT2D eigenvalue weighted by atomic mass is 10.3. The van der Waals surface area contributed by atoms with E-state index in [0.29, 0.717) is 26.3 Å². The van der Waals surface area contributed by atoms with Crippen LogP contribution in [-0.2, 0) is 23.9 Å². The normalized spacial score (nSPS) is 19.1. The summed E-state index contributed by atoms with van der Waals surface area (Å²) >= 11 is 0. The van der Waals surface area contributed by atoms with Gasteiger partial charge in [-0.3, -0.25) is 20.4 Å². The van der Waals surface area contributed by atoms with E-state index in [2.05, 4.69) is 10.9 Å². The summed E-state index contributed by atoms with van der Waals surface area (Å²) in [7, 11) is 0. The van der Waals surface area contributed by atoms with Crippen LogP contribution in [0.1, 0.15) is 6.42 Å². The highest BCUT2D eigenvalue weighted by Crippen LogP contribution is 2.02. The first-order chi connectivity index (χ1) is 9.16. The molecule has 2 aliphatic rings. The zero-order valence-electron chi connectivity index (χ0n) is 10.3. The highest BCUT2D eigenvalue weighted by Gasteiger charge is 2.21. The summed E-state index contributed by atoms with van der Waals surface area (Å²) in [5, 5.41) is 0. The lowest BCUT2D eigenvalue weighted by Crippen LogP contribution is -2.44. The fourth-order valence-corrected chi connectivity index (χ4v) is 1.68. The Morgan fingerprint density at radius 2 is 2.05 bits per heavy atom. The zero-order valence-corrected chi connectivity index (χ0v) is 10.3. The number of ether oxygens (including phenoxy) is 2. The van der Waals surface area contributed by atoms with Crippen LogP contribution in [0.25, 0.3) is 0 Å². The Labute approximate surface area is 109 Å². The molecule has 2 amide bonds. The molecule has 0 radical (unpaired) electrons. The number of hydrogen-bond acceptors (Lipinski definition) is 6. The van der Waals surface area contributed by atoms with Gasteiger partial charge in [0.05, 0.1) is 13.2 Å². The van der Waals surface area contributed by atoms with E-state index < -0.39 is 5.97 Å². The Hall–Kier alpha value is -2.09. The second-order valence-corrected chi connectivity index (χ2v) is 4.06. The van der Waals surface area contributed by atoms with Crippen LogP contribution in [0.4, 0.5) is 0 Å². The summed E-state index contributed by atoms with van der Waals surface area (Å²) in [5.41, 5.74) is 4.84. The van der Waals surface area contributed by atoms with Crippen LogP contribution >= 0.6 is 0 Å². The predicted octanol–water partition coefficient (Wildman–Crippen LogP) is -1.70. The molecular formula is C11H15N3O5. The molecule has 2 aliphatic heterocycles. The smallest absolute Gasteiger partial charge is 0.356 e. The second-order valence-electron chi connectivity index (χ2n) is 4.06. The third-order valence-electron chi connectivity index (χ3n) is 2.74. The molecule has 2 rings (SSSR count). The number of hydrazine groups is 1. The van der Waals surface area contributed by atoms with E-state index in [1.54, 1.807) is 4.90 Å². The van der Waals surface area contributed by atoms with Gasteiger partial charge in [0, 0.05) is 19.5 Å². The molecule has 0 aliphatic carbocycles. The van der Waals surface area contributed by atoms with Crippen LogP contribution in [0.15, 0.2) is 11.8 Å². The average molecular weight is 269 g/mol. The van der Waals surface area contributed by atoms with Gasteiger partial charge in [0.15, 0.2) is 6.61 Å². The van der Waals surface area contributed by atoms with E-state index in [9.17, 15) is 14.4 Å². The molecule has 8 nitrogen and oxygen atoms in total. The summed E-state index contributed by atoms with van der Waals surface area (Å²) in [4.78, 5) is 35.8. The van der Waals surface area contributed by atoms with Crippen molar-refractivity contribution in [3.05, 3.63) is 11.8 Å². The number of nitrogens with one attached hydrogen (secondary N) is 2. The molecule has 8 heteroatoms. The number of carbonyl (C=O) groups is 3. The van der Waals surface area contributed by atoms with Gasteiger partial charge in [-0.05, 0) is 6.08 Å². The Balaban J connectivity index is 1.76. The molecule has 0 aromatic carbocycles. The molecule has 2 N–H and O–H groups in total. The van der Waals surface area contributed by atoms with Crippen molar-refractivity contribution in [3.63, 3.8) is 0 Å². The Morgan fingerprint density at radius 3 is 2.68 bits per heavy atom.